The molecule has 0 saturated carbocycles. The zero-order chi connectivity index (χ0) is 20.1. The molecule has 1 aromatic heterocycles. The van der Waals surface area contributed by atoms with Crippen molar-refractivity contribution in [1.29, 1.82) is 0 Å². The van der Waals surface area contributed by atoms with Crippen molar-refractivity contribution in [3.05, 3.63) is 65.5 Å². The fourth-order valence-corrected chi connectivity index (χ4v) is 2.67. The number of methoxy groups -OCH3 is 1. The molecule has 3 aromatic rings. The molecule has 0 atom stereocenters. The van der Waals surface area contributed by atoms with E-state index < -0.39 is 11.9 Å². The first-order valence-electron chi connectivity index (χ1n) is 8.68. The average Bonchev–Trinajstić information content (AvgIpc) is 3.10. The first-order valence-corrected chi connectivity index (χ1v) is 8.68. The lowest BCUT2D eigenvalue weighted by Crippen LogP contribution is -2.14. The Morgan fingerprint density at radius 3 is 2.57 bits per heavy atom. The summed E-state index contributed by atoms with van der Waals surface area (Å²) in [7, 11) is 1.30. The van der Waals surface area contributed by atoms with Crippen LogP contribution in [0.3, 0.4) is 0 Å². The Morgan fingerprint density at radius 2 is 1.89 bits per heavy atom. The maximum atomic E-state index is 12.6. The highest BCUT2D eigenvalue weighted by molar-refractivity contribution is 6.04. The first kappa shape index (κ1) is 19.1. The molecule has 2 aromatic carbocycles. The van der Waals surface area contributed by atoms with E-state index in [1.807, 2.05) is 31.2 Å². The number of ether oxygens (including phenoxy) is 2. The zero-order valence-corrected chi connectivity index (χ0v) is 15.8. The maximum Gasteiger partial charge on any atom is 0.337 e. The number of esters is 1. The summed E-state index contributed by atoms with van der Waals surface area (Å²) in [5, 5.41) is 10.8. The Hall–Kier alpha value is -3.68. The van der Waals surface area contributed by atoms with Crippen LogP contribution in [0.2, 0.25) is 0 Å². The summed E-state index contributed by atoms with van der Waals surface area (Å²) in [5.74, 6) is -0.141. The second kappa shape index (κ2) is 8.34. The summed E-state index contributed by atoms with van der Waals surface area (Å²) in [4.78, 5) is 24.2. The molecule has 1 amide bonds. The number of carbonyl (C=O) groups is 2. The van der Waals surface area contributed by atoms with Gasteiger partial charge in [-0.05, 0) is 56.3 Å². The molecule has 0 aliphatic rings. The number of amides is 1. The number of aromatic nitrogens is 3. The molecule has 0 unspecified atom stereocenters. The first-order chi connectivity index (χ1) is 13.5. The van der Waals surface area contributed by atoms with Crippen LogP contribution in [0.5, 0.6) is 5.75 Å². The van der Waals surface area contributed by atoms with Gasteiger partial charge in [-0.15, -0.1) is 5.10 Å². The number of hydrogen-bond donors (Lipinski definition) is 1. The van der Waals surface area contributed by atoms with Crippen molar-refractivity contribution in [3.63, 3.8) is 0 Å². The highest BCUT2D eigenvalue weighted by Crippen LogP contribution is 2.18. The number of anilines is 1. The van der Waals surface area contributed by atoms with E-state index in [0.717, 1.165) is 11.4 Å². The Balaban J connectivity index is 1.79. The van der Waals surface area contributed by atoms with Gasteiger partial charge < -0.3 is 14.8 Å². The zero-order valence-electron chi connectivity index (χ0n) is 15.8. The van der Waals surface area contributed by atoms with Crippen LogP contribution >= 0.6 is 0 Å². The van der Waals surface area contributed by atoms with E-state index in [1.165, 1.54) is 13.2 Å². The number of benzene rings is 2. The van der Waals surface area contributed by atoms with E-state index in [0.29, 0.717) is 23.6 Å². The summed E-state index contributed by atoms with van der Waals surface area (Å²) in [6, 6.07) is 13.8. The highest BCUT2D eigenvalue weighted by Gasteiger charge is 2.18. The van der Waals surface area contributed by atoms with E-state index in [2.05, 4.69) is 20.4 Å². The third-order valence-electron chi connectivity index (χ3n) is 4.04. The molecule has 8 heteroatoms. The van der Waals surface area contributed by atoms with Crippen LogP contribution in [0, 0.1) is 6.92 Å². The summed E-state index contributed by atoms with van der Waals surface area (Å²) >= 11 is 0. The monoisotopic (exact) mass is 380 g/mol. The lowest BCUT2D eigenvalue weighted by atomic mass is 10.2. The van der Waals surface area contributed by atoms with Crippen LogP contribution in [0.15, 0.2) is 48.5 Å². The van der Waals surface area contributed by atoms with Gasteiger partial charge in [-0.1, -0.05) is 11.3 Å². The van der Waals surface area contributed by atoms with Gasteiger partial charge in [0, 0.05) is 5.69 Å². The summed E-state index contributed by atoms with van der Waals surface area (Å²) in [6.07, 6.45) is 0. The molecule has 0 bridgehead atoms. The molecule has 0 aliphatic carbocycles. The van der Waals surface area contributed by atoms with Crippen molar-refractivity contribution >= 4 is 17.6 Å². The molecule has 144 valence electrons. The van der Waals surface area contributed by atoms with Gasteiger partial charge in [-0.2, -0.15) is 0 Å². The summed E-state index contributed by atoms with van der Waals surface area (Å²) in [6.45, 7) is 4.26. The molecule has 0 saturated heterocycles. The topological polar surface area (TPSA) is 95.3 Å². The van der Waals surface area contributed by atoms with Crippen LogP contribution in [0.1, 0.15) is 33.5 Å². The number of carbonyl (C=O) groups excluding carboxylic acids is 2. The molecule has 0 spiro atoms. The van der Waals surface area contributed by atoms with Gasteiger partial charge in [-0.3, -0.25) is 4.79 Å². The van der Waals surface area contributed by atoms with Crippen LogP contribution in [0.4, 0.5) is 5.69 Å². The van der Waals surface area contributed by atoms with Gasteiger partial charge >= 0.3 is 5.97 Å². The normalized spacial score (nSPS) is 10.4. The predicted octanol–water partition coefficient (Wildman–Crippen LogP) is 3.01. The van der Waals surface area contributed by atoms with E-state index in [-0.39, 0.29) is 5.69 Å². The lowest BCUT2D eigenvalue weighted by molar-refractivity contribution is 0.0600. The fraction of sp³-hybridized carbons (Fsp3) is 0.200. The van der Waals surface area contributed by atoms with Crippen molar-refractivity contribution in [3.8, 4) is 11.4 Å². The van der Waals surface area contributed by atoms with Gasteiger partial charge in [0.05, 0.1) is 30.7 Å². The minimum Gasteiger partial charge on any atom is -0.494 e. The lowest BCUT2D eigenvalue weighted by Gasteiger charge is -2.07. The van der Waals surface area contributed by atoms with Crippen molar-refractivity contribution in [2.75, 3.05) is 19.0 Å². The number of rotatable bonds is 6. The third-order valence-corrected chi connectivity index (χ3v) is 4.04. The van der Waals surface area contributed by atoms with Gasteiger partial charge in [0.25, 0.3) is 5.91 Å². The van der Waals surface area contributed by atoms with Crippen LogP contribution in [0.25, 0.3) is 5.69 Å². The standard InChI is InChI=1S/C20H20N4O4/c1-4-28-17-10-8-16(9-11-17)24-13(2)18(22-23-24)19(25)21-15-7-5-6-14(12-15)20(26)27-3/h5-12H,4H2,1-3H3,(H,21,25). The molecule has 0 fully saturated rings. The van der Waals surface area contributed by atoms with Crippen LogP contribution < -0.4 is 10.1 Å². The third kappa shape index (κ3) is 4.01. The molecule has 3 rings (SSSR count). The summed E-state index contributed by atoms with van der Waals surface area (Å²) < 4.78 is 11.7. The molecule has 8 nitrogen and oxygen atoms in total. The smallest absolute Gasteiger partial charge is 0.337 e. The Bertz CT molecular complexity index is 996. The average molecular weight is 380 g/mol. The van der Waals surface area contributed by atoms with E-state index in [9.17, 15) is 9.59 Å². The molecule has 1 N–H and O–H groups in total. The molecule has 0 radical (unpaired) electrons. The molecular weight excluding hydrogens is 360 g/mol. The van der Waals surface area contributed by atoms with Crippen molar-refractivity contribution in [2.24, 2.45) is 0 Å². The quantitative estimate of drug-likeness (QED) is 0.661. The Morgan fingerprint density at radius 1 is 1.14 bits per heavy atom. The van der Waals surface area contributed by atoms with Gasteiger partial charge in [-0.25, -0.2) is 9.48 Å². The van der Waals surface area contributed by atoms with Gasteiger partial charge in [0.1, 0.15) is 5.75 Å². The maximum absolute atomic E-state index is 12.6. The minimum atomic E-state index is -0.478. The largest absolute Gasteiger partial charge is 0.494 e. The van der Waals surface area contributed by atoms with Crippen LogP contribution in [-0.2, 0) is 4.74 Å². The van der Waals surface area contributed by atoms with E-state index in [4.69, 9.17) is 4.74 Å². The van der Waals surface area contributed by atoms with E-state index in [1.54, 1.807) is 29.8 Å². The minimum absolute atomic E-state index is 0.192. The van der Waals surface area contributed by atoms with Crippen molar-refractivity contribution < 1.29 is 19.1 Å². The van der Waals surface area contributed by atoms with Gasteiger partial charge in [0.2, 0.25) is 0 Å². The van der Waals surface area contributed by atoms with Crippen molar-refractivity contribution in [2.45, 2.75) is 13.8 Å². The second-order valence-corrected chi connectivity index (χ2v) is 5.89. The SMILES string of the molecule is CCOc1ccc(-n2nnc(C(=O)Nc3cccc(C(=O)OC)c3)c2C)cc1. The summed E-state index contributed by atoms with van der Waals surface area (Å²) in [5.41, 5.74) is 2.35. The molecule has 1 heterocycles. The van der Waals surface area contributed by atoms with Crippen LogP contribution in [-0.4, -0.2) is 40.6 Å². The fourth-order valence-electron chi connectivity index (χ4n) is 2.67. The molecule has 0 aliphatic heterocycles. The molecular formula is C20H20N4O4. The predicted molar refractivity (Wildman–Crippen MR) is 103 cm³/mol. The molecule has 28 heavy (non-hydrogen) atoms. The number of nitrogens with zero attached hydrogens (tertiary/aromatic N) is 3. The van der Waals surface area contributed by atoms with Crippen molar-refractivity contribution in [1.82, 2.24) is 15.0 Å². The Labute approximate surface area is 162 Å². The second-order valence-electron chi connectivity index (χ2n) is 5.89. The number of hydrogen-bond acceptors (Lipinski definition) is 6. The highest BCUT2D eigenvalue weighted by atomic mass is 16.5. The Kier molecular flexibility index (Phi) is 5.69. The number of nitrogens with one attached hydrogen (secondary N) is 1. The van der Waals surface area contributed by atoms with Gasteiger partial charge in [0.15, 0.2) is 5.69 Å². The van der Waals surface area contributed by atoms with E-state index >= 15 is 0 Å².